The van der Waals surface area contributed by atoms with Gasteiger partial charge in [0, 0.05) is 16.5 Å². The first kappa shape index (κ1) is 17.1. The minimum Gasteiger partial charge on any atom is -0.493 e. The third kappa shape index (κ3) is 3.12. The number of anilines is 1. The highest BCUT2D eigenvalue weighted by molar-refractivity contribution is 6.04. The molecule has 0 aliphatic heterocycles. The molecule has 0 saturated heterocycles. The van der Waals surface area contributed by atoms with Gasteiger partial charge in [-0.25, -0.2) is 5.43 Å². The number of hydrogen-bond donors (Lipinski definition) is 2. The highest BCUT2D eigenvalue weighted by Crippen LogP contribution is 2.27. The predicted octanol–water partition coefficient (Wildman–Crippen LogP) is 4.50. The van der Waals surface area contributed by atoms with E-state index < -0.39 is 0 Å². The lowest BCUT2D eigenvalue weighted by Crippen LogP contribution is -2.01. The van der Waals surface area contributed by atoms with Gasteiger partial charge in [0.1, 0.15) is 11.3 Å². The summed E-state index contributed by atoms with van der Waals surface area (Å²) in [6.45, 7) is 2.54. The summed E-state index contributed by atoms with van der Waals surface area (Å²) in [6, 6.07) is 20.0. The fraction of sp³-hybridized carbons (Fsp3) is 0.0909. The Labute approximate surface area is 166 Å². The Morgan fingerprint density at radius 3 is 2.72 bits per heavy atom. The van der Waals surface area contributed by atoms with Crippen LogP contribution in [0, 0.1) is 0 Å². The molecule has 2 aromatic heterocycles. The summed E-state index contributed by atoms with van der Waals surface area (Å²) in [5.41, 5.74) is 6.15. The number of ether oxygens (including phenoxy) is 1. The van der Waals surface area contributed by atoms with Gasteiger partial charge < -0.3 is 9.72 Å². The van der Waals surface area contributed by atoms with Crippen molar-refractivity contribution in [2.45, 2.75) is 6.92 Å². The van der Waals surface area contributed by atoms with Gasteiger partial charge in [-0.1, -0.05) is 48.5 Å². The molecule has 0 saturated carbocycles. The van der Waals surface area contributed by atoms with Gasteiger partial charge in [0.25, 0.3) is 5.95 Å². The Morgan fingerprint density at radius 1 is 1.00 bits per heavy atom. The van der Waals surface area contributed by atoms with Crippen molar-refractivity contribution >= 4 is 45.0 Å². The van der Waals surface area contributed by atoms with Crippen LogP contribution in [0.15, 0.2) is 65.8 Å². The topological polar surface area (TPSA) is 88.1 Å². The first-order valence-corrected chi connectivity index (χ1v) is 9.38. The predicted molar refractivity (Wildman–Crippen MR) is 116 cm³/mol. The van der Waals surface area contributed by atoms with Crippen LogP contribution < -0.4 is 10.2 Å². The van der Waals surface area contributed by atoms with Crippen molar-refractivity contribution in [3.8, 4) is 5.75 Å². The number of aromatic amines is 1. The summed E-state index contributed by atoms with van der Waals surface area (Å²) < 4.78 is 5.77. The van der Waals surface area contributed by atoms with Gasteiger partial charge in [-0.2, -0.15) is 10.1 Å². The van der Waals surface area contributed by atoms with Gasteiger partial charge in [-0.3, -0.25) is 0 Å². The van der Waals surface area contributed by atoms with Gasteiger partial charge >= 0.3 is 0 Å². The molecular formula is C22H18N6O. The lowest BCUT2D eigenvalue weighted by Gasteiger charge is -2.10. The van der Waals surface area contributed by atoms with E-state index in [2.05, 4.69) is 36.8 Å². The molecule has 0 spiro atoms. The second kappa shape index (κ2) is 7.20. The number of H-pyrrole nitrogens is 1. The third-order valence-electron chi connectivity index (χ3n) is 4.71. The SMILES string of the molecule is CCOc1ccc2ccccc2c1C=NNc1nnc2c(n1)[nH]c1ccccc12. The number of hydrazone groups is 1. The Hall–Kier alpha value is -4.00. The number of rotatable bonds is 5. The molecule has 0 fully saturated rings. The average Bonchev–Trinajstić information content (AvgIpc) is 3.13. The molecule has 0 atom stereocenters. The molecule has 0 amide bonds. The van der Waals surface area contributed by atoms with Crippen LogP contribution in [0.2, 0.25) is 0 Å². The van der Waals surface area contributed by atoms with Crippen LogP contribution in [-0.4, -0.2) is 33.0 Å². The molecule has 7 heteroatoms. The van der Waals surface area contributed by atoms with Crippen LogP contribution in [0.4, 0.5) is 5.95 Å². The number of benzene rings is 3. The van der Waals surface area contributed by atoms with E-state index in [0.717, 1.165) is 38.5 Å². The molecule has 3 aromatic carbocycles. The van der Waals surface area contributed by atoms with Crippen LogP contribution in [0.1, 0.15) is 12.5 Å². The number of para-hydroxylation sites is 1. The van der Waals surface area contributed by atoms with Crippen LogP contribution in [0.3, 0.4) is 0 Å². The first-order valence-electron chi connectivity index (χ1n) is 9.38. The number of fused-ring (bicyclic) bond motifs is 4. The molecule has 29 heavy (non-hydrogen) atoms. The maximum atomic E-state index is 5.77. The van der Waals surface area contributed by atoms with Crippen molar-refractivity contribution < 1.29 is 4.74 Å². The standard InChI is InChI=1S/C22H18N6O/c1-2-29-19-12-11-14-7-3-4-8-15(14)17(19)13-23-27-22-25-21-20(26-28-22)16-9-5-6-10-18(16)24-21/h3-13H,2H2,1H3,(H2,24,25,27,28). The van der Waals surface area contributed by atoms with Crippen molar-refractivity contribution in [2.75, 3.05) is 12.0 Å². The molecule has 5 rings (SSSR count). The van der Waals surface area contributed by atoms with Crippen molar-refractivity contribution in [1.29, 1.82) is 0 Å². The van der Waals surface area contributed by atoms with Gasteiger partial charge in [0.05, 0.1) is 12.8 Å². The number of hydrogen-bond acceptors (Lipinski definition) is 6. The fourth-order valence-corrected chi connectivity index (χ4v) is 3.41. The van der Waals surface area contributed by atoms with E-state index in [1.165, 1.54) is 0 Å². The van der Waals surface area contributed by atoms with Crippen LogP contribution in [0.25, 0.3) is 32.8 Å². The maximum absolute atomic E-state index is 5.77. The third-order valence-corrected chi connectivity index (χ3v) is 4.71. The Bertz CT molecular complexity index is 1360. The summed E-state index contributed by atoms with van der Waals surface area (Å²) in [5.74, 6) is 1.10. The molecule has 2 heterocycles. The van der Waals surface area contributed by atoms with Crippen LogP contribution in [-0.2, 0) is 0 Å². The number of nitrogens with zero attached hydrogens (tertiary/aromatic N) is 4. The monoisotopic (exact) mass is 382 g/mol. The van der Waals surface area contributed by atoms with E-state index in [-0.39, 0.29) is 0 Å². The molecule has 5 aromatic rings. The van der Waals surface area contributed by atoms with E-state index in [1.54, 1.807) is 6.21 Å². The minimum absolute atomic E-state index is 0.318. The zero-order valence-electron chi connectivity index (χ0n) is 15.8. The fourth-order valence-electron chi connectivity index (χ4n) is 3.41. The van der Waals surface area contributed by atoms with Crippen LogP contribution in [0.5, 0.6) is 5.75 Å². The highest BCUT2D eigenvalue weighted by Gasteiger charge is 2.09. The largest absolute Gasteiger partial charge is 0.493 e. The summed E-state index contributed by atoms with van der Waals surface area (Å²) >= 11 is 0. The lowest BCUT2D eigenvalue weighted by atomic mass is 10.0. The molecule has 142 valence electrons. The van der Waals surface area contributed by atoms with E-state index in [9.17, 15) is 0 Å². The second-order valence-electron chi connectivity index (χ2n) is 6.50. The van der Waals surface area contributed by atoms with Gasteiger partial charge in [-0.05, 0) is 29.8 Å². The zero-order valence-corrected chi connectivity index (χ0v) is 15.8. The first-order chi connectivity index (χ1) is 14.3. The smallest absolute Gasteiger partial charge is 0.265 e. The minimum atomic E-state index is 0.318. The molecular weight excluding hydrogens is 364 g/mol. The maximum Gasteiger partial charge on any atom is 0.265 e. The zero-order chi connectivity index (χ0) is 19.6. The van der Waals surface area contributed by atoms with E-state index in [4.69, 9.17) is 4.74 Å². The van der Waals surface area contributed by atoms with Crippen LogP contribution >= 0.6 is 0 Å². The number of nitrogens with one attached hydrogen (secondary N) is 2. The molecule has 0 unspecified atom stereocenters. The van der Waals surface area contributed by atoms with E-state index in [1.807, 2.05) is 61.5 Å². The summed E-state index contributed by atoms with van der Waals surface area (Å²) in [6.07, 6.45) is 1.73. The van der Waals surface area contributed by atoms with Gasteiger partial charge in [0.2, 0.25) is 0 Å². The Morgan fingerprint density at radius 2 is 1.83 bits per heavy atom. The quantitative estimate of drug-likeness (QED) is 0.345. The van der Waals surface area contributed by atoms with E-state index in [0.29, 0.717) is 18.2 Å². The molecule has 0 aliphatic carbocycles. The second-order valence-corrected chi connectivity index (χ2v) is 6.50. The van der Waals surface area contributed by atoms with Crippen molar-refractivity contribution in [3.05, 3.63) is 66.2 Å². The Kier molecular flexibility index (Phi) is 4.25. The molecule has 0 bridgehead atoms. The summed E-state index contributed by atoms with van der Waals surface area (Å²) in [4.78, 5) is 7.73. The number of aromatic nitrogens is 4. The van der Waals surface area contributed by atoms with Gasteiger partial charge in [0.15, 0.2) is 5.65 Å². The van der Waals surface area contributed by atoms with Crippen molar-refractivity contribution in [2.24, 2.45) is 5.10 Å². The summed E-state index contributed by atoms with van der Waals surface area (Å²) in [5, 5.41) is 15.9. The molecule has 2 N–H and O–H groups in total. The lowest BCUT2D eigenvalue weighted by molar-refractivity contribution is 0.340. The Balaban J connectivity index is 1.48. The van der Waals surface area contributed by atoms with Gasteiger partial charge in [-0.15, -0.1) is 10.2 Å². The van der Waals surface area contributed by atoms with Crippen molar-refractivity contribution in [3.63, 3.8) is 0 Å². The molecule has 0 aliphatic rings. The summed E-state index contributed by atoms with van der Waals surface area (Å²) in [7, 11) is 0. The normalized spacial score (nSPS) is 11.6. The average molecular weight is 382 g/mol. The molecule has 0 radical (unpaired) electrons. The highest BCUT2D eigenvalue weighted by atomic mass is 16.5. The van der Waals surface area contributed by atoms with Crippen molar-refractivity contribution in [1.82, 2.24) is 20.2 Å². The molecule has 7 nitrogen and oxygen atoms in total. The van der Waals surface area contributed by atoms with E-state index >= 15 is 0 Å².